The van der Waals surface area contributed by atoms with E-state index < -0.39 is 10.0 Å². The quantitative estimate of drug-likeness (QED) is 0.712. The SMILES string of the molecule is CCCCCCNS(=O)(=O)c1ccc(OC)cc1OC. The van der Waals surface area contributed by atoms with Crippen LogP contribution in [0.3, 0.4) is 0 Å². The van der Waals surface area contributed by atoms with Crippen LogP contribution in [0.2, 0.25) is 0 Å². The normalized spacial score (nSPS) is 11.3. The van der Waals surface area contributed by atoms with Crippen molar-refractivity contribution in [3.8, 4) is 11.5 Å². The van der Waals surface area contributed by atoms with E-state index in [1.165, 1.54) is 20.3 Å². The number of unbranched alkanes of at least 4 members (excludes halogenated alkanes) is 3. The van der Waals surface area contributed by atoms with E-state index in [0.29, 0.717) is 12.3 Å². The van der Waals surface area contributed by atoms with Crippen LogP contribution < -0.4 is 14.2 Å². The third-order valence-corrected chi connectivity index (χ3v) is 4.48. The molecule has 0 atom stereocenters. The molecule has 0 aliphatic carbocycles. The maximum atomic E-state index is 12.2. The number of methoxy groups -OCH3 is 2. The molecule has 0 aliphatic heterocycles. The van der Waals surface area contributed by atoms with Crippen LogP contribution in [0.4, 0.5) is 0 Å². The molecule has 1 aromatic carbocycles. The largest absolute Gasteiger partial charge is 0.497 e. The number of sulfonamides is 1. The second-order valence-corrected chi connectivity index (χ2v) is 6.21. The molecule has 0 bridgehead atoms. The average molecular weight is 301 g/mol. The fourth-order valence-corrected chi connectivity index (χ4v) is 3.06. The third kappa shape index (κ3) is 4.68. The maximum Gasteiger partial charge on any atom is 0.244 e. The highest BCUT2D eigenvalue weighted by molar-refractivity contribution is 7.89. The Morgan fingerprint density at radius 2 is 1.85 bits per heavy atom. The molecular formula is C14H23NO4S. The highest BCUT2D eigenvalue weighted by Gasteiger charge is 2.19. The van der Waals surface area contributed by atoms with Crippen LogP contribution in [0.25, 0.3) is 0 Å². The summed E-state index contributed by atoms with van der Waals surface area (Å²) in [5, 5.41) is 0. The van der Waals surface area contributed by atoms with Crippen LogP contribution in [-0.4, -0.2) is 29.2 Å². The summed E-state index contributed by atoms with van der Waals surface area (Å²) in [4.78, 5) is 0.135. The van der Waals surface area contributed by atoms with E-state index in [4.69, 9.17) is 9.47 Å². The molecule has 114 valence electrons. The summed E-state index contributed by atoms with van der Waals surface area (Å²) in [7, 11) is -0.583. The lowest BCUT2D eigenvalue weighted by Gasteiger charge is -2.11. The summed E-state index contributed by atoms with van der Waals surface area (Å²) >= 11 is 0. The number of benzene rings is 1. The second kappa shape index (κ2) is 8.11. The predicted octanol–water partition coefficient (Wildman–Crippen LogP) is 2.56. The Morgan fingerprint density at radius 1 is 1.10 bits per heavy atom. The lowest BCUT2D eigenvalue weighted by atomic mass is 10.2. The van der Waals surface area contributed by atoms with Crippen molar-refractivity contribution in [2.24, 2.45) is 0 Å². The number of hydrogen-bond donors (Lipinski definition) is 1. The van der Waals surface area contributed by atoms with Gasteiger partial charge in [-0.2, -0.15) is 0 Å². The molecule has 0 spiro atoms. The van der Waals surface area contributed by atoms with Gasteiger partial charge in [-0.1, -0.05) is 26.2 Å². The van der Waals surface area contributed by atoms with E-state index in [1.54, 1.807) is 12.1 Å². The number of rotatable bonds is 9. The van der Waals surface area contributed by atoms with Gasteiger partial charge >= 0.3 is 0 Å². The van der Waals surface area contributed by atoms with Gasteiger partial charge in [-0.15, -0.1) is 0 Å². The first-order valence-corrected chi connectivity index (χ1v) is 8.25. The molecule has 1 rings (SSSR count). The van der Waals surface area contributed by atoms with Crippen LogP contribution in [0.1, 0.15) is 32.6 Å². The Hall–Kier alpha value is -1.27. The van der Waals surface area contributed by atoms with Crippen molar-refractivity contribution in [3.63, 3.8) is 0 Å². The first-order valence-electron chi connectivity index (χ1n) is 6.77. The third-order valence-electron chi connectivity index (χ3n) is 2.98. The highest BCUT2D eigenvalue weighted by Crippen LogP contribution is 2.28. The van der Waals surface area contributed by atoms with Gasteiger partial charge in [-0.25, -0.2) is 13.1 Å². The van der Waals surface area contributed by atoms with E-state index in [-0.39, 0.29) is 10.6 Å². The minimum Gasteiger partial charge on any atom is -0.497 e. The van der Waals surface area contributed by atoms with Crippen molar-refractivity contribution in [1.82, 2.24) is 4.72 Å². The van der Waals surface area contributed by atoms with Gasteiger partial charge in [0.1, 0.15) is 16.4 Å². The van der Waals surface area contributed by atoms with Crippen molar-refractivity contribution < 1.29 is 17.9 Å². The molecule has 0 fully saturated rings. The first-order chi connectivity index (χ1) is 9.55. The Kier molecular flexibility index (Phi) is 6.81. The summed E-state index contributed by atoms with van der Waals surface area (Å²) in [6.07, 6.45) is 4.11. The molecule has 5 nitrogen and oxygen atoms in total. The lowest BCUT2D eigenvalue weighted by Crippen LogP contribution is -2.25. The second-order valence-electron chi connectivity index (χ2n) is 4.48. The monoisotopic (exact) mass is 301 g/mol. The summed E-state index contributed by atoms with van der Waals surface area (Å²) in [6, 6.07) is 4.66. The zero-order valence-corrected chi connectivity index (χ0v) is 13.1. The molecule has 0 radical (unpaired) electrons. The Balaban J connectivity index is 2.76. The van der Waals surface area contributed by atoms with E-state index in [1.807, 2.05) is 0 Å². The predicted molar refractivity (Wildman–Crippen MR) is 78.9 cm³/mol. The van der Waals surface area contributed by atoms with E-state index >= 15 is 0 Å². The van der Waals surface area contributed by atoms with Crippen LogP contribution in [0.5, 0.6) is 11.5 Å². The van der Waals surface area contributed by atoms with Gasteiger partial charge in [0.15, 0.2) is 0 Å². The smallest absolute Gasteiger partial charge is 0.244 e. The molecular weight excluding hydrogens is 278 g/mol. The molecule has 0 amide bonds. The fourth-order valence-electron chi connectivity index (χ4n) is 1.83. The summed E-state index contributed by atoms with van der Waals surface area (Å²) < 4.78 is 37.2. The minimum atomic E-state index is -3.55. The molecule has 0 saturated carbocycles. The Morgan fingerprint density at radius 3 is 2.45 bits per heavy atom. The average Bonchev–Trinajstić information content (AvgIpc) is 2.46. The molecule has 0 aromatic heterocycles. The topological polar surface area (TPSA) is 64.6 Å². The van der Waals surface area contributed by atoms with Crippen molar-refractivity contribution in [3.05, 3.63) is 18.2 Å². The van der Waals surface area contributed by atoms with Crippen molar-refractivity contribution in [1.29, 1.82) is 0 Å². The fraction of sp³-hybridized carbons (Fsp3) is 0.571. The molecule has 1 aromatic rings. The van der Waals surface area contributed by atoms with Gasteiger partial charge in [0.2, 0.25) is 10.0 Å². The summed E-state index contributed by atoms with van der Waals surface area (Å²) in [6.45, 7) is 2.56. The number of ether oxygens (including phenoxy) is 2. The van der Waals surface area contributed by atoms with Crippen molar-refractivity contribution >= 4 is 10.0 Å². The molecule has 0 aliphatic rings. The van der Waals surface area contributed by atoms with Crippen LogP contribution >= 0.6 is 0 Å². The molecule has 0 unspecified atom stereocenters. The summed E-state index contributed by atoms with van der Waals surface area (Å²) in [5.74, 6) is 0.842. The van der Waals surface area contributed by atoms with E-state index in [9.17, 15) is 8.42 Å². The maximum absolute atomic E-state index is 12.2. The Labute approximate surface area is 121 Å². The molecule has 20 heavy (non-hydrogen) atoms. The molecule has 6 heteroatoms. The Bertz CT molecular complexity index is 514. The van der Waals surface area contributed by atoms with Crippen molar-refractivity contribution in [2.45, 2.75) is 37.5 Å². The van der Waals surface area contributed by atoms with Crippen molar-refractivity contribution in [2.75, 3.05) is 20.8 Å². The van der Waals surface area contributed by atoms with Gasteiger partial charge in [-0.3, -0.25) is 0 Å². The summed E-state index contributed by atoms with van der Waals surface area (Å²) in [5.41, 5.74) is 0. The van der Waals surface area contributed by atoms with Gasteiger partial charge in [0.05, 0.1) is 14.2 Å². The number of hydrogen-bond acceptors (Lipinski definition) is 4. The molecule has 0 saturated heterocycles. The van der Waals surface area contributed by atoms with Gasteiger partial charge in [-0.05, 0) is 18.6 Å². The van der Waals surface area contributed by atoms with Gasteiger partial charge in [0, 0.05) is 12.6 Å². The standard InChI is InChI=1S/C14H23NO4S/c1-4-5-6-7-10-15-20(16,17)14-9-8-12(18-2)11-13(14)19-3/h8-9,11,15H,4-7,10H2,1-3H3. The highest BCUT2D eigenvalue weighted by atomic mass is 32.2. The lowest BCUT2D eigenvalue weighted by molar-refractivity contribution is 0.386. The number of nitrogens with one attached hydrogen (secondary N) is 1. The zero-order valence-electron chi connectivity index (χ0n) is 12.3. The van der Waals surface area contributed by atoms with E-state index in [2.05, 4.69) is 11.6 Å². The molecule has 1 N–H and O–H groups in total. The van der Waals surface area contributed by atoms with Crippen LogP contribution in [0, 0.1) is 0 Å². The van der Waals surface area contributed by atoms with Gasteiger partial charge in [0.25, 0.3) is 0 Å². The van der Waals surface area contributed by atoms with E-state index in [0.717, 1.165) is 25.7 Å². The van der Waals surface area contributed by atoms with Crippen LogP contribution in [0.15, 0.2) is 23.1 Å². The van der Waals surface area contributed by atoms with Crippen LogP contribution in [-0.2, 0) is 10.0 Å². The molecule has 0 heterocycles. The van der Waals surface area contributed by atoms with Gasteiger partial charge < -0.3 is 9.47 Å². The minimum absolute atomic E-state index is 0.135. The first kappa shape index (κ1) is 16.8. The zero-order chi connectivity index (χ0) is 15.0.